The van der Waals surface area contributed by atoms with Gasteiger partial charge in [-0.1, -0.05) is 18.2 Å². The second-order valence-electron chi connectivity index (χ2n) is 5.49. The maximum absolute atomic E-state index is 5.43. The van der Waals surface area contributed by atoms with Crippen LogP contribution in [0.1, 0.15) is 12.0 Å². The van der Waals surface area contributed by atoms with Crippen molar-refractivity contribution in [2.24, 2.45) is 4.99 Å². The van der Waals surface area contributed by atoms with Crippen LogP contribution in [-0.2, 0) is 15.9 Å². The summed E-state index contributed by atoms with van der Waals surface area (Å²) in [6.07, 6.45) is 3.97. The molecule has 140 valence electrons. The van der Waals surface area contributed by atoms with Gasteiger partial charge in [-0.05, 0) is 24.5 Å². The van der Waals surface area contributed by atoms with Crippen LogP contribution in [0, 0.1) is 0 Å². The number of halogens is 1. The van der Waals surface area contributed by atoms with Crippen molar-refractivity contribution in [1.29, 1.82) is 0 Å². The van der Waals surface area contributed by atoms with Gasteiger partial charge in [0.15, 0.2) is 5.96 Å². The van der Waals surface area contributed by atoms with E-state index < -0.39 is 0 Å². The molecule has 2 aromatic rings. The molecular formula is C18H29IN4O2. The van der Waals surface area contributed by atoms with Crippen LogP contribution in [0.15, 0.2) is 35.5 Å². The van der Waals surface area contributed by atoms with Crippen LogP contribution < -0.4 is 10.6 Å². The fourth-order valence-corrected chi connectivity index (χ4v) is 2.50. The predicted octanol–water partition coefficient (Wildman–Crippen LogP) is 2.55. The number of hydrogen-bond donors (Lipinski definition) is 3. The highest BCUT2D eigenvalue weighted by Crippen LogP contribution is 2.17. The Morgan fingerprint density at radius 3 is 2.72 bits per heavy atom. The molecule has 0 unspecified atom stereocenters. The SMILES string of the molecule is CN=C(NCCCOCCOC)NCCc1c[nH]c2ccccc12.I. The lowest BCUT2D eigenvalue weighted by molar-refractivity contribution is 0.0698. The number of aromatic nitrogens is 1. The molecule has 0 aliphatic rings. The zero-order valence-electron chi connectivity index (χ0n) is 15.0. The van der Waals surface area contributed by atoms with Gasteiger partial charge in [-0.15, -0.1) is 24.0 Å². The first-order valence-electron chi connectivity index (χ1n) is 8.41. The first kappa shape index (κ1) is 21.7. The Kier molecular flexibility index (Phi) is 11.3. The van der Waals surface area contributed by atoms with Crippen LogP contribution in [-0.4, -0.2) is 58.0 Å². The Bertz CT molecular complexity index is 630. The number of para-hydroxylation sites is 1. The molecule has 0 fully saturated rings. The zero-order valence-corrected chi connectivity index (χ0v) is 17.3. The second kappa shape index (κ2) is 13.0. The van der Waals surface area contributed by atoms with E-state index in [9.17, 15) is 0 Å². The van der Waals surface area contributed by atoms with E-state index in [0.29, 0.717) is 13.2 Å². The summed E-state index contributed by atoms with van der Waals surface area (Å²) in [7, 11) is 3.47. The first-order chi connectivity index (χ1) is 11.8. The van der Waals surface area contributed by atoms with E-state index in [2.05, 4.69) is 45.0 Å². The smallest absolute Gasteiger partial charge is 0.190 e. The van der Waals surface area contributed by atoms with Crippen LogP contribution >= 0.6 is 24.0 Å². The van der Waals surface area contributed by atoms with E-state index in [1.165, 1.54) is 16.5 Å². The molecule has 0 amide bonds. The number of rotatable bonds is 10. The van der Waals surface area contributed by atoms with Crippen molar-refractivity contribution in [3.63, 3.8) is 0 Å². The average Bonchev–Trinajstić information content (AvgIpc) is 3.02. The molecule has 0 bridgehead atoms. The number of ether oxygens (including phenoxy) is 2. The summed E-state index contributed by atoms with van der Waals surface area (Å²) in [5.41, 5.74) is 2.50. The monoisotopic (exact) mass is 460 g/mol. The number of fused-ring (bicyclic) bond motifs is 1. The van der Waals surface area contributed by atoms with Crippen LogP contribution in [0.4, 0.5) is 0 Å². The molecule has 6 nitrogen and oxygen atoms in total. The molecule has 0 saturated heterocycles. The maximum atomic E-state index is 5.43. The van der Waals surface area contributed by atoms with Gasteiger partial charge in [0.1, 0.15) is 0 Å². The lowest BCUT2D eigenvalue weighted by Crippen LogP contribution is -2.39. The molecule has 0 aliphatic heterocycles. The van der Waals surface area contributed by atoms with Crippen molar-refractivity contribution < 1.29 is 9.47 Å². The molecule has 0 saturated carbocycles. The van der Waals surface area contributed by atoms with Crippen molar-refractivity contribution in [3.8, 4) is 0 Å². The van der Waals surface area contributed by atoms with Crippen molar-refractivity contribution in [1.82, 2.24) is 15.6 Å². The number of nitrogens with one attached hydrogen (secondary N) is 3. The molecule has 0 atom stereocenters. The topological polar surface area (TPSA) is 70.7 Å². The van der Waals surface area contributed by atoms with Crippen molar-refractivity contribution in [3.05, 3.63) is 36.0 Å². The third-order valence-electron chi connectivity index (χ3n) is 3.78. The number of nitrogens with zero attached hydrogens (tertiary/aromatic N) is 1. The Hall–Kier alpha value is -1.32. The molecule has 1 aromatic carbocycles. The summed E-state index contributed by atoms with van der Waals surface area (Å²) in [6.45, 7) is 3.69. The Morgan fingerprint density at radius 1 is 1.12 bits per heavy atom. The van der Waals surface area contributed by atoms with Gasteiger partial charge < -0.3 is 25.1 Å². The Morgan fingerprint density at radius 2 is 1.92 bits per heavy atom. The van der Waals surface area contributed by atoms with E-state index in [1.807, 2.05) is 6.07 Å². The lowest BCUT2D eigenvalue weighted by atomic mass is 10.1. The highest BCUT2D eigenvalue weighted by molar-refractivity contribution is 14.0. The number of guanidine groups is 1. The Labute approximate surface area is 166 Å². The molecule has 7 heteroatoms. The largest absolute Gasteiger partial charge is 0.382 e. The van der Waals surface area contributed by atoms with Gasteiger partial charge in [-0.25, -0.2) is 0 Å². The van der Waals surface area contributed by atoms with E-state index in [0.717, 1.165) is 38.5 Å². The van der Waals surface area contributed by atoms with Gasteiger partial charge in [0, 0.05) is 51.0 Å². The number of aromatic amines is 1. The first-order valence-corrected chi connectivity index (χ1v) is 8.41. The quantitative estimate of drug-likeness (QED) is 0.221. The van der Waals surface area contributed by atoms with E-state index in [-0.39, 0.29) is 24.0 Å². The van der Waals surface area contributed by atoms with Gasteiger partial charge >= 0.3 is 0 Å². The van der Waals surface area contributed by atoms with Gasteiger partial charge in [0.05, 0.1) is 13.2 Å². The molecule has 25 heavy (non-hydrogen) atoms. The van der Waals surface area contributed by atoms with Crippen LogP contribution in [0.25, 0.3) is 10.9 Å². The average molecular weight is 460 g/mol. The van der Waals surface area contributed by atoms with Gasteiger partial charge in [-0.3, -0.25) is 4.99 Å². The highest BCUT2D eigenvalue weighted by Gasteiger charge is 2.03. The standard InChI is InChI=1S/C18H28N4O2.HI/c1-19-18(20-9-5-11-24-13-12-23-2)21-10-8-15-14-22-17-7-4-3-6-16(15)17;/h3-4,6-7,14,22H,5,8-13H2,1-2H3,(H2,19,20,21);1H. The summed E-state index contributed by atoms with van der Waals surface area (Å²) in [5, 5.41) is 7.93. The molecule has 0 aliphatic carbocycles. The molecule has 1 heterocycles. The number of H-pyrrole nitrogens is 1. The number of methoxy groups -OCH3 is 1. The summed E-state index contributed by atoms with van der Waals surface area (Å²) in [5.74, 6) is 0.826. The number of benzene rings is 1. The van der Waals surface area contributed by atoms with Crippen molar-refractivity contribution in [2.45, 2.75) is 12.8 Å². The summed E-state index contributed by atoms with van der Waals surface area (Å²) in [4.78, 5) is 7.55. The summed E-state index contributed by atoms with van der Waals surface area (Å²) >= 11 is 0. The minimum Gasteiger partial charge on any atom is -0.382 e. The van der Waals surface area contributed by atoms with Gasteiger partial charge in [-0.2, -0.15) is 0 Å². The van der Waals surface area contributed by atoms with Gasteiger partial charge in [0.25, 0.3) is 0 Å². The maximum Gasteiger partial charge on any atom is 0.190 e. The van der Waals surface area contributed by atoms with Crippen LogP contribution in [0.3, 0.4) is 0 Å². The second-order valence-corrected chi connectivity index (χ2v) is 5.49. The highest BCUT2D eigenvalue weighted by atomic mass is 127. The normalized spacial score (nSPS) is 11.4. The molecule has 0 radical (unpaired) electrons. The summed E-state index contributed by atoms with van der Waals surface area (Å²) < 4.78 is 10.4. The molecule has 0 spiro atoms. The van der Waals surface area contributed by atoms with Gasteiger partial charge in [0.2, 0.25) is 0 Å². The molecule has 2 rings (SSSR count). The zero-order chi connectivity index (χ0) is 17.0. The van der Waals surface area contributed by atoms with E-state index in [4.69, 9.17) is 9.47 Å². The van der Waals surface area contributed by atoms with Crippen LogP contribution in [0.5, 0.6) is 0 Å². The fourth-order valence-electron chi connectivity index (χ4n) is 2.50. The minimum atomic E-state index is 0. The fraction of sp³-hybridized carbons (Fsp3) is 0.500. The molecule has 3 N–H and O–H groups in total. The third kappa shape index (κ3) is 7.62. The lowest BCUT2D eigenvalue weighted by Gasteiger charge is -2.11. The van der Waals surface area contributed by atoms with E-state index in [1.54, 1.807) is 14.2 Å². The third-order valence-corrected chi connectivity index (χ3v) is 3.78. The van der Waals surface area contributed by atoms with E-state index >= 15 is 0 Å². The molecule has 1 aromatic heterocycles. The minimum absolute atomic E-state index is 0. The Balaban J connectivity index is 0.00000312. The molecular weight excluding hydrogens is 431 g/mol. The van der Waals surface area contributed by atoms with Crippen molar-refractivity contribution >= 4 is 40.8 Å². The number of hydrogen-bond acceptors (Lipinski definition) is 3. The predicted molar refractivity (Wildman–Crippen MR) is 114 cm³/mol. The van der Waals surface area contributed by atoms with Crippen LogP contribution in [0.2, 0.25) is 0 Å². The summed E-state index contributed by atoms with van der Waals surface area (Å²) in [6, 6.07) is 8.37. The number of aliphatic imine (C=N–C) groups is 1. The van der Waals surface area contributed by atoms with Crippen molar-refractivity contribution in [2.75, 3.05) is 47.1 Å².